The van der Waals surface area contributed by atoms with Crippen LogP contribution in [0.2, 0.25) is 0 Å². The Balaban J connectivity index is 1.35. The van der Waals surface area contributed by atoms with Gasteiger partial charge in [0.15, 0.2) is 11.5 Å². The van der Waals surface area contributed by atoms with E-state index in [1.165, 1.54) is 0 Å². The molecule has 3 aliphatic heterocycles. The lowest BCUT2D eigenvalue weighted by Crippen LogP contribution is -2.66. The molecule has 3 aliphatic rings. The fourth-order valence-electron chi connectivity index (χ4n) is 3.42. The van der Waals surface area contributed by atoms with E-state index in [9.17, 15) is 14.4 Å². The highest BCUT2D eigenvalue weighted by molar-refractivity contribution is 5.95. The summed E-state index contributed by atoms with van der Waals surface area (Å²) in [6.45, 7) is 1.41. The predicted molar refractivity (Wildman–Crippen MR) is 86.0 cm³/mol. The molecule has 4 rings (SSSR count). The number of hydrogen-bond donors (Lipinski definition) is 1. The summed E-state index contributed by atoms with van der Waals surface area (Å²) in [5, 5.41) is 2.58. The summed E-state index contributed by atoms with van der Waals surface area (Å²) in [5.41, 5.74) is 1.00. The second kappa shape index (κ2) is 6.27. The van der Waals surface area contributed by atoms with E-state index in [1.54, 1.807) is 9.80 Å². The SMILES string of the molecule is O=C1NCC(=O)N2CCN(C(=O)CCc3ccc4c(c3)OCO4)CC12. The topological polar surface area (TPSA) is 88.2 Å². The lowest BCUT2D eigenvalue weighted by atomic mass is 10.1. The molecule has 0 aliphatic carbocycles. The van der Waals surface area contributed by atoms with Crippen LogP contribution >= 0.6 is 0 Å². The number of benzene rings is 1. The lowest BCUT2D eigenvalue weighted by Gasteiger charge is -2.42. The van der Waals surface area contributed by atoms with Crippen LogP contribution in [0.5, 0.6) is 11.5 Å². The third-order valence-electron chi connectivity index (χ3n) is 4.83. The maximum atomic E-state index is 12.5. The van der Waals surface area contributed by atoms with Crippen molar-refractivity contribution in [2.24, 2.45) is 0 Å². The molecule has 0 aromatic heterocycles. The zero-order chi connectivity index (χ0) is 17.4. The molecule has 1 aromatic rings. The highest BCUT2D eigenvalue weighted by atomic mass is 16.7. The van der Waals surface area contributed by atoms with Crippen LogP contribution in [0.3, 0.4) is 0 Å². The Morgan fingerprint density at radius 3 is 2.92 bits per heavy atom. The van der Waals surface area contributed by atoms with Crippen LogP contribution in [-0.2, 0) is 20.8 Å². The Hall–Kier alpha value is -2.77. The van der Waals surface area contributed by atoms with Crippen molar-refractivity contribution in [3.8, 4) is 11.5 Å². The van der Waals surface area contributed by atoms with Crippen LogP contribution in [0, 0.1) is 0 Å². The molecule has 3 heterocycles. The average Bonchev–Trinajstić information content (AvgIpc) is 3.10. The van der Waals surface area contributed by atoms with Crippen molar-refractivity contribution in [3.05, 3.63) is 23.8 Å². The minimum atomic E-state index is -0.565. The van der Waals surface area contributed by atoms with E-state index in [4.69, 9.17) is 9.47 Å². The first-order valence-electron chi connectivity index (χ1n) is 8.35. The average molecular weight is 345 g/mol. The number of nitrogens with zero attached hydrogens (tertiary/aromatic N) is 2. The predicted octanol–water partition coefficient (Wildman–Crippen LogP) is -0.483. The van der Waals surface area contributed by atoms with Crippen LogP contribution in [0.15, 0.2) is 18.2 Å². The van der Waals surface area contributed by atoms with Gasteiger partial charge in [-0.25, -0.2) is 0 Å². The second-order valence-electron chi connectivity index (χ2n) is 6.35. The van der Waals surface area contributed by atoms with Gasteiger partial charge in [-0.1, -0.05) is 6.07 Å². The number of fused-ring (bicyclic) bond motifs is 2. The van der Waals surface area contributed by atoms with E-state index in [2.05, 4.69) is 5.32 Å². The molecule has 2 saturated heterocycles. The first-order valence-corrected chi connectivity index (χ1v) is 8.35. The molecule has 2 fully saturated rings. The quantitative estimate of drug-likeness (QED) is 0.799. The number of nitrogens with one attached hydrogen (secondary N) is 1. The monoisotopic (exact) mass is 345 g/mol. The van der Waals surface area contributed by atoms with E-state index in [-0.39, 0.29) is 37.6 Å². The van der Waals surface area contributed by atoms with Crippen molar-refractivity contribution < 1.29 is 23.9 Å². The van der Waals surface area contributed by atoms with Crippen molar-refractivity contribution in [2.75, 3.05) is 33.0 Å². The van der Waals surface area contributed by atoms with Gasteiger partial charge >= 0.3 is 0 Å². The van der Waals surface area contributed by atoms with E-state index < -0.39 is 6.04 Å². The molecular formula is C17H19N3O5. The fraction of sp³-hybridized carbons (Fsp3) is 0.471. The minimum absolute atomic E-state index is 0.0110. The third kappa shape index (κ3) is 2.99. The first-order chi connectivity index (χ1) is 12.1. The molecule has 0 radical (unpaired) electrons. The van der Waals surface area contributed by atoms with Gasteiger partial charge < -0.3 is 24.6 Å². The molecule has 3 amide bonds. The van der Waals surface area contributed by atoms with E-state index in [1.807, 2.05) is 18.2 Å². The van der Waals surface area contributed by atoms with Crippen LogP contribution in [-0.4, -0.2) is 66.5 Å². The van der Waals surface area contributed by atoms with Crippen LogP contribution in [0.4, 0.5) is 0 Å². The zero-order valence-corrected chi connectivity index (χ0v) is 13.7. The van der Waals surface area contributed by atoms with Crippen molar-refractivity contribution in [1.29, 1.82) is 0 Å². The first kappa shape index (κ1) is 15.7. The Labute approximate surface area is 144 Å². The largest absolute Gasteiger partial charge is 0.454 e. The summed E-state index contributed by atoms with van der Waals surface area (Å²) in [7, 11) is 0. The number of carbonyl (C=O) groups excluding carboxylic acids is 3. The fourth-order valence-corrected chi connectivity index (χ4v) is 3.42. The summed E-state index contributed by atoms with van der Waals surface area (Å²) in [6.07, 6.45) is 0.938. The van der Waals surface area contributed by atoms with E-state index in [0.29, 0.717) is 31.7 Å². The van der Waals surface area contributed by atoms with Gasteiger partial charge in [-0.3, -0.25) is 14.4 Å². The molecule has 1 N–H and O–H groups in total. The number of aryl methyl sites for hydroxylation is 1. The minimum Gasteiger partial charge on any atom is -0.454 e. The van der Waals surface area contributed by atoms with Gasteiger partial charge in [-0.15, -0.1) is 0 Å². The molecule has 25 heavy (non-hydrogen) atoms. The summed E-state index contributed by atoms with van der Waals surface area (Å²) >= 11 is 0. The van der Waals surface area contributed by atoms with Gasteiger partial charge in [-0.2, -0.15) is 0 Å². The number of piperazine rings is 2. The number of hydrogen-bond acceptors (Lipinski definition) is 5. The third-order valence-corrected chi connectivity index (χ3v) is 4.83. The summed E-state index contributed by atoms with van der Waals surface area (Å²) < 4.78 is 10.6. The maximum Gasteiger partial charge on any atom is 0.245 e. The van der Waals surface area contributed by atoms with Crippen molar-refractivity contribution in [3.63, 3.8) is 0 Å². The number of ether oxygens (including phenoxy) is 2. The highest BCUT2D eigenvalue weighted by Crippen LogP contribution is 2.32. The summed E-state index contributed by atoms with van der Waals surface area (Å²) in [6, 6.07) is 5.09. The Bertz CT molecular complexity index is 735. The molecule has 1 aromatic carbocycles. The van der Waals surface area contributed by atoms with Crippen LogP contribution in [0.1, 0.15) is 12.0 Å². The second-order valence-corrected chi connectivity index (χ2v) is 6.35. The molecule has 1 unspecified atom stereocenters. The molecular weight excluding hydrogens is 326 g/mol. The van der Waals surface area contributed by atoms with Crippen LogP contribution < -0.4 is 14.8 Å². The molecule has 8 heteroatoms. The molecule has 8 nitrogen and oxygen atoms in total. The summed E-state index contributed by atoms with van der Waals surface area (Å²) in [5.74, 6) is 1.14. The smallest absolute Gasteiger partial charge is 0.245 e. The van der Waals surface area contributed by atoms with Crippen molar-refractivity contribution in [2.45, 2.75) is 18.9 Å². The molecule has 1 atom stereocenters. The Kier molecular flexibility index (Phi) is 3.95. The molecule has 0 bridgehead atoms. The number of amides is 3. The summed E-state index contributed by atoms with van der Waals surface area (Å²) in [4.78, 5) is 39.5. The molecule has 0 saturated carbocycles. The Morgan fingerprint density at radius 1 is 1.20 bits per heavy atom. The van der Waals surface area contributed by atoms with Crippen molar-refractivity contribution >= 4 is 17.7 Å². The number of carbonyl (C=O) groups is 3. The van der Waals surface area contributed by atoms with Gasteiger partial charge in [0.2, 0.25) is 24.5 Å². The lowest BCUT2D eigenvalue weighted by molar-refractivity contribution is -0.152. The normalized spacial score (nSPS) is 21.8. The molecule has 132 valence electrons. The van der Waals surface area contributed by atoms with Gasteiger partial charge in [0.25, 0.3) is 0 Å². The van der Waals surface area contributed by atoms with E-state index in [0.717, 1.165) is 11.3 Å². The number of rotatable bonds is 3. The maximum absolute atomic E-state index is 12.5. The van der Waals surface area contributed by atoms with Crippen LogP contribution in [0.25, 0.3) is 0 Å². The van der Waals surface area contributed by atoms with Crippen molar-refractivity contribution in [1.82, 2.24) is 15.1 Å². The standard InChI is InChI=1S/C17H19N3O5/c21-15(4-2-11-1-3-13-14(7-11)25-10-24-13)19-5-6-20-12(9-19)17(23)18-8-16(20)22/h1,3,7,12H,2,4-6,8-10H2,(H,18,23). The Morgan fingerprint density at radius 2 is 2.04 bits per heavy atom. The van der Waals surface area contributed by atoms with Gasteiger partial charge in [0.05, 0.1) is 13.1 Å². The highest BCUT2D eigenvalue weighted by Gasteiger charge is 2.39. The van der Waals surface area contributed by atoms with E-state index >= 15 is 0 Å². The van der Waals surface area contributed by atoms with Gasteiger partial charge in [-0.05, 0) is 24.1 Å². The zero-order valence-electron chi connectivity index (χ0n) is 13.7. The van der Waals surface area contributed by atoms with Gasteiger partial charge in [0, 0.05) is 19.5 Å². The molecule has 0 spiro atoms. The van der Waals surface area contributed by atoms with Gasteiger partial charge in [0.1, 0.15) is 6.04 Å².